The van der Waals surface area contributed by atoms with Crippen molar-refractivity contribution >= 4 is 11.6 Å². The second-order valence-corrected chi connectivity index (χ2v) is 5.04. The lowest BCUT2D eigenvalue weighted by atomic mass is 9.96. The smallest absolute Gasteiger partial charge is 0.161 e. The Balaban J connectivity index is 2.47. The summed E-state index contributed by atoms with van der Waals surface area (Å²) < 4.78 is 5.39. The van der Waals surface area contributed by atoms with Crippen molar-refractivity contribution in [3.8, 4) is 0 Å². The first-order valence-electron chi connectivity index (χ1n) is 5.65. The monoisotopic (exact) mass is 240 g/mol. The van der Waals surface area contributed by atoms with E-state index in [4.69, 9.17) is 16.3 Å². The molecule has 1 aromatic heterocycles. The fourth-order valence-electron chi connectivity index (χ4n) is 1.91. The van der Waals surface area contributed by atoms with Gasteiger partial charge in [0.25, 0.3) is 0 Å². The Hall–Kier alpha value is -0.670. The van der Waals surface area contributed by atoms with Crippen LogP contribution in [0.3, 0.4) is 0 Å². The van der Waals surface area contributed by atoms with Crippen LogP contribution in [0.1, 0.15) is 43.8 Å². The van der Waals surface area contributed by atoms with Crippen molar-refractivity contribution in [2.75, 3.05) is 7.11 Å². The van der Waals surface area contributed by atoms with Gasteiger partial charge in [-0.15, -0.1) is 0 Å². The molecule has 0 unspecified atom stereocenters. The highest BCUT2D eigenvalue weighted by Crippen LogP contribution is 2.29. The van der Waals surface area contributed by atoms with E-state index >= 15 is 0 Å². The van der Waals surface area contributed by atoms with Gasteiger partial charge >= 0.3 is 0 Å². The van der Waals surface area contributed by atoms with E-state index in [1.165, 1.54) is 12.8 Å². The molecular formula is C12H17ClN2O. The number of aromatic nitrogens is 2. The molecule has 0 saturated carbocycles. The standard InChI is InChI=1S/C12H17ClN2O/c1-12(2,16-3)11-14-9-7-5-4-6-8(9)10(13)15-11/h4-7H2,1-3H3. The molecule has 2 rings (SSSR count). The first-order chi connectivity index (χ1) is 7.54. The first kappa shape index (κ1) is 11.8. The van der Waals surface area contributed by atoms with Crippen molar-refractivity contribution < 1.29 is 4.74 Å². The summed E-state index contributed by atoms with van der Waals surface area (Å²) in [6.07, 6.45) is 4.38. The fourth-order valence-corrected chi connectivity index (χ4v) is 2.19. The summed E-state index contributed by atoms with van der Waals surface area (Å²) in [6.45, 7) is 3.90. The molecule has 0 saturated heterocycles. The minimum atomic E-state index is -0.476. The molecule has 0 aliphatic heterocycles. The molecule has 0 atom stereocenters. The Bertz CT molecular complexity index is 404. The van der Waals surface area contributed by atoms with Crippen molar-refractivity contribution in [1.82, 2.24) is 9.97 Å². The Morgan fingerprint density at radius 3 is 2.56 bits per heavy atom. The maximum Gasteiger partial charge on any atom is 0.161 e. The first-order valence-corrected chi connectivity index (χ1v) is 6.03. The Morgan fingerprint density at radius 2 is 1.88 bits per heavy atom. The molecule has 16 heavy (non-hydrogen) atoms. The second-order valence-electron chi connectivity index (χ2n) is 4.68. The van der Waals surface area contributed by atoms with Gasteiger partial charge in [-0.05, 0) is 39.5 Å². The number of hydrogen-bond donors (Lipinski definition) is 0. The van der Waals surface area contributed by atoms with Crippen LogP contribution in [0, 0.1) is 0 Å². The summed E-state index contributed by atoms with van der Waals surface area (Å²) in [7, 11) is 1.66. The lowest BCUT2D eigenvalue weighted by Crippen LogP contribution is -2.25. The molecule has 0 N–H and O–H groups in total. The van der Waals surface area contributed by atoms with Gasteiger partial charge < -0.3 is 4.74 Å². The van der Waals surface area contributed by atoms with Crippen molar-refractivity contribution in [3.05, 3.63) is 22.2 Å². The fraction of sp³-hybridized carbons (Fsp3) is 0.667. The summed E-state index contributed by atoms with van der Waals surface area (Å²) in [5.41, 5.74) is 1.76. The third kappa shape index (κ3) is 2.06. The normalized spacial score (nSPS) is 16.0. The van der Waals surface area contributed by atoms with E-state index in [1.807, 2.05) is 13.8 Å². The zero-order chi connectivity index (χ0) is 11.8. The van der Waals surface area contributed by atoms with Crippen LogP contribution in [0.2, 0.25) is 5.15 Å². The van der Waals surface area contributed by atoms with Crippen LogP contribution in [0.25, 0.3) is 0 Å². The van der Waals surface area contributed by atoms with Crippen molar-refractivity contribution in [2.45, 2.75) is 45.1 Å². The molecule has 1 aliphatic rings. The average molecular weight is 241 g/mol. The Kier molecular flexibility index (Phi) is 3.17. The van der Waals surface area contributed by atoms with Crippen molar-refractivity contribution in [2.24, 2.45) is 0 Å². The van der Waals surface area contributed by atoms with Gasteiger partial charge in [-0.25, -0.2) is 9.97 Å². The highest BCUT2D eigenvalue weighted by molar-refractivity contribution is 6.30. The number of aryl methyl sites for hydroxylation is 1. The number of hydrogen-bond acceptors (Lipinski definition) is 3. The lowest BCUT2D eigenvalue weighted by Gasteiger charge is -2.24. The summed E-state index contributed by atoms with van der Waals surface area (Å²) in [5.74, 6) is 0.681. The van der Waals surface area contributed by atoms with Crippen LogP contribution in [0.4, 0.5) is 0 Å². The molecule has 0 aromatic carbocycles. The topological polar surface area (TPSA) is 35.0 Å². The largest absolute Gasteiger partial charge is 0.371 e. The van der Waals surface area contributed by atoms with Crippen LogP contribution in [0.5, 0.6) is 0 Å². The van der Waals surface area contributed by atoms with Gasteiger partial charge in [0.1, 0.15) is 10.8 Å². The van der Waals surface area contributed by atoms with Gasteiger partial charge in [0, 0.05) is 18.4 Å². The van der Waals surface area contributed by atoms with Crippen molar-refractivity contribution in [3.63, 3.8) is 0 Å². The molecule has 0 fully saturated rings. The quantitative estimate of drug-likeness (QED) is 0.746. The van der Waals surface area contributed by atoms with E-state index < -0.39 is 5.60 Å². The zero-order valence-corrected chi connectivity index (χ0v) is 10.8. The molecule has 88 valence electrons. The van der Waals surface area contributed by atoms with E-state index in [2.05, 4.69) is 9.97 Å². The van der Waals surface area contributed by atoms with Gasteiger partial charge in [-0.3, -0.25) is 0 Å². The number of fused-ring (bicyclic) bond motifs is 1. The average Bonchev–Trinajstić information content (AvgIpc) is 2.29. The SMILES string of the molecule is COC(C)(C)c1nc(Cl)c2c(n1)CCCC2. The minimum absolute atomic E-state index is 0.476. The van der Waals surface area contributed by atoms with E-state index in [0.29, 0.717) is 11.0 Å². The Labute approximate surface area is 101 Å². The minimum Gasteiger partial charge on any atom is -0.371 e. The predicted octanol–water partition coefficient (Wildman–Crippen LogP) is 2.89. The third-order valence-corrected chi connectivity index (χ3v) is 3.49. The lowest BCUT2D eigenvalue weighted by molar-refractivity contribution is 0.0112. The summed E-state index contributed by atoms with van der Waals surface area (Å²) in [6, 6.07) is 0. The molecule has 1 heterocycles. The Morgan fingerprint density at radius 1 is 1.19 bits per heavy atom. The maximum atomic E-state index is 6.20. The van der Waals surface area contributed by atoms with Crippen LogP contribution in [-0.4, -0.2) is 17.1 Å². The summed E-state index contributed by atoms with van der Waals surface area (Å²) in [5, 5.41) is 0.602. The third-order valence-electron chi connectivity index (χ3n) is 3.18. The number of nitrogens with zero attached hydrogens (tertiary/aromatic N) is 2. The molecule has 1 aromatic rings. The van der Waals surface area contributed by atoms with Crippen molar-refractivity contribution in [1.29, 1.82) is 0 Å². The summed E-state index contributed by atoms with van der Waals surface area (Å²) in [4.78, 5) is 8.95. The van der Waals surface area contributed by atoms with Gasteiger partial charge in [0.2, 0.25) is 0 Å². The molecule has 0 radical (unpaired) electrons. The van der Waals surface area contributed by atoms with Gasteiger partial charge in [-0.1, -0.05) is 11.6 Å². The molecule has 0 amide bonds. The highest BCUT2D eigenvalue weighted by atomic mass is 35.5. The molecule has 0 spiro atoms. The molecule has 1 aliphatic carbocycles. The number of ether oxygens (including phenoxy) is 1. The van der Waals surface area contributed by atoms with E-state index in [9.17, 15) is 0 Å². The number of methoxy groups -OCH3 is 1. The van der Waals surface area contributed by atoms with E-state index in [1.54, 1.807) is 7.11 Å². The molecule has 3 nitrogen and oxygen atoms in total. The van der Waals surface area contributed by atoms with Gasteiger partial charge in [0.15, 0.2) is 5.82 Å². The molecule has 0 bridgehead atoms. The number of halogens is 1. The van der Waals surface area contributed by atoms with Crippen LogP contribution < -0.4 is 0 Å². The van der Waals surface area contributed by atoms with Gasteiger partial charge in [-0.2, -0.15) is 0 Å². The second kappa shape index (κ2) is 4.30. The zero-order valence-electron chi connectivity index (χ0n) is 10.0. The molecular weight excluding hydrogens is 224 g/mol. The van der Waals surface area contributed by atoms with Crippen LogP contribution in [-0.2, 0) is 23.2 Å². The maximum absolute atomic E-state index is 6.20. The predicted molar refractivity (Wildman–Crippen MR) is 63.7 cm³/mol. The van der Waals surface area contributed by atoms with Gasteiger partial charge in [0.05, 0.1) is 0 Å². The van der Waals surface area contributed by atoms with Crippen LogP contribution in [0.15, 0.2) is 0 Å². The van der Waals surface area contributed by atoms with E-state index in [0.717, 1.165) is 24.1 Å². The molecule has 4 heteroatoms. The van der Waals surface area contributed by atoms with E-state index in [-0.39, 0.29) is 0 Å². The van der Waals surface area contributed by atoms with Crippen LogP contribution >= 0.6 is 11.6 Å². The summed E-state index contributed by atoms with van der Waals surface area (Å²) >= 11 is 6.20. The highest BCUT2D eigenvalue weighted by Gasteiger charge is 2.26. The number of rotatable bonds is 2.